The molecule has 4 unspecified atom stereocenters. The average molecular weight is 384 g/mol. The Morgan fingerprint density at radius 2 is 1.04 bits per heavy atom. The van der Waals surface area contributed by atoms with Crippen LogP contribution in [0, 0.1) is 0 Å². The second-order valence-electron chi connectivity index (χ2n) is 7.02. The summed E-state index contributed by atoms with van der Waals surface area (Å²) in [5, 5.41) is 25.1. The first-order valence-electron chi connectivity index (χ1n) is 9.42. The predicted octanol–water partition coefficient (Wildman–Crippen LogP) is 1.20. The molecule has 6 nitrogen and oxygen atoms in total. The summed E-state index contributed by atoms with van der Waals surface area (Å²) in [6.45, 7) is 3.14. The summed E-state index contributed by atoms with van der Waals surface area (Å²) in [5.41, 5.74) is 1.89. The molecule has 0 bridgehead atoms. The standard InChI is InChI=1S/C22H28N2O4/c1-15(25)19(13-17-9-5-3-6-10-17)23-21(27)22(28)24-20(16(2)26)14-18-11-7-4-8-12-18/h3-12,15-16,19-20,25-26H,13-14H2,1-2H3,(H,23,27)(H,24,28). The van der Waals surface area contributed by atoms with Crippen LogP contribution in [0.5, 0.6) is 0 Å². The quantitative estimate of drug-likeness (QED) is 0.514. The van der Waals surface area contributed by atoms with E-state index in [4.69, 9.17) is 0 Å². The number of aliphatic hydroxyl groups excluding tert-OH is 2. The van der Waals surface area contributed by atoms with Gasteiger partial charge >= 0.3 is 11.8 Å². The van der Waals surface area contributed by atoms with Crippen LogP contribution >= 0.6 is 0 Å². The first-order valence-corrected chi connectivity index (χ1v) is 9.42. The molecule has 0 spiro atoms. The maximum Gasteiger partial charge on any atom is 0.309 e. The van der Waals surface area contributed by atoms with Crippen LogP contribution in [0.4, 0.5) is 0 Å². The topological polar surface area (TPSA) is 98.7 Å². The minimum atomic E-state index is -0.833. The smallest absolute Gasteiger partial charge is 0.309 e. The Balaban J connectivity index is 1.97. The Hall–Kier alpha value is -2.70. The molecule has 0 saturated carbocycles. The molecule has 4 atom stereocenters. The van der Waals surface area contributed by atoms with Crippen molar-refractivity contribution in [1.29, 1.82) is 0 Å². The average Bonchev–Trinajstić information content (AvgIpc) is 2.68. The Bertz CT molecular complexity index is 682. The monoisotopic (exact) mass is 384 g/mol. The highest BCUT2D eigenvalue weighted by atomic mass is 16.3. The molecule has 2 amide bonds. The fourth-order valence-corrected chi connectivity index (χ4v) is 2.89. The molecule has 4 N–H and O–H groups in total. The van der Waals surface area contributed by atoms with E-state index in [0.29, 0.717) is 12.8 Å². The van der Waals surface area contributed by atoms with Crippen LogP contribution in [0.15, 0.2) is 60.7 Å². The number of benzene rings is 2. The summed E-state index contributed by atoms with van der Waals surface area (Å²) in [5.74, 6) is -1.67. The molecule has 2 aromatic carbocycles. The first-order chi connectivity index (χ1) is 13.4. The number of amides is 2. The van der Waals surface area contributed by atoms with Gasteiger partial charge in [0.05, 0.1) is 24.3 Å². The molecule has 2 rings (SSSR count). The van der Waals surface area contributed by atoms with Gasteiger partial charge in [0.25, 0.3) is 0 Å². The van der Waals surface area contributed by atoms with Crippen LogP contribution in [-0.2, 0) is 22.4 Å². The highest BCUT2D eigenvalue weighted by Crippen LogP contribution is 2.08. The molecule has 0 radical (unpaired) electrons. The number of nitrogens with one attached hydrogen (secondary N) is 2. The summed E-state index contributed by atoms with van der Waals surface area (Å²) in [6.07, 6.45) is -0.842. The molecule has 28 heavy (non-hydrogen) atoms. The number of carbonyl (C=O) groups excluding carboxylic acids is 2. The van der Waals surface area contributed by atoms with Crippen LogP contribution in [0.2, 0.25) is 0 Å². The number of hydrogen-bond acceptors (Lipinski definition) is 4. The summed E-state index contributed by atoms with van der Waals surface area (Å²) >= 11 is 0. The van der Waals surface area contributed by atoms with E-state index < -0.39 is 36.1 Å². The van der Waals surface area contributed by atoms with E-state index in [9.17, 15) is 19.8 Å². The van der Waals surface area contributed by atoms with E-state index in [0.717, 1.165) is 11.1 Å². The van der Waals surface area contributed by atoms with Gasteiger partial charge in [-0.25, -0.2) is 0 Å². The molecule has 0 aromatic heterocycles. The van der Waals surface area contributed by atoms with Gasteiger partial charge in [-0.15, -0.1) is 0 Å². The van der Waals surface area contributed by atoms with Gasteiger partial charge in [0.1, 0.15) is 0 Å². The molecule has 0 heterocycles. The molecule has 0 aliphatic rings. The molecule has 150 valence electrons. The summed E-state index contributed by atoms with van der Waals surface area (Å²) in [6, 6.07) is 17.6. The third-order valence-corrected chi connectivity index (χ3v) is 4.60. The molecule has 0 saturated heterocycles. The van der Waals surface area contributed by atoms with Crippen LogP contribution < -0.4 is 10.6 Å². The zero-order chi connectivity index (χ0) is 20.5. The molecule has 2 aromatic rings. The zero-order valence-electron chi connectivity index (χ0n) is 16.2. The van der Waals surface area contributed by atoms with Crippen molar-refractivity contribution >= 4 is 11.8 Å². The van der Waals surface area contributed by atoms with E-state index in [1.807, 2.05) is 60.7 Å². The number of hydrogen-bond donors (Lipinski definition) is 4. The van der Waals surface area contributed by atoms with E-state index in [-0.39, 0.29) is 0 Å². The third kappa shape index (κ3) is 6.79. The van der Waals surface area contributed by atoms with E-state index >= 15 is 0 Å². The predicted molar refractivity (Wildman–Crippen MR) is 108 cm³/mol. The van der Waals surface area contributed by atoms with Gasteiger partial charge in [-0.05, 0) is 37.8 Å². The summed E-state index contributed by atoms with van der Waals surface area (Å²) in [7, 11) is 0. The highest BCUT2D eigenvalue weighted by Gasteiger charge is 2.25. The van der Waals surface area contributed by atoms with Crippen molar-refractivity contribution in [2.75, 3.05) is 0 Å². The highest BCUT2D eigenvalue weighted by molar-refractivity contribution is 6.35. The third-order valence-electron chi connectivity index (χ3n) is 4.60. The van der Waals surface area contributed by atoms with Gasteiger partial charge in [-0.2, -0.15) is 0 Å². The minimum Gasteiger partial charge on any atom is -0.391 e. The Morgan fingerprint density at radius 3 is 1.32 bits per heavy atom. The van der Waals surface area contributed by atoms with E-state index in [1.165, 1.54) is 0 Å². The lowest BCUT2D eigenvalue weighted by Crippen LogP contribution is -2.53. The molecule has 0 aliphatic carbocycles. The van der Waals surface area contributed by atoms with Crippen LogP contribution in [-0.4, -0.2) is 46.3 Å². The second-order valence-corrected chi connectivity index (χ2v) is 7.02. The van der Waals surface area contributed by atoms with Crippen molar-refractivity contribution in [3.8, 4) is 0 Å². The Labute approximate surface area is 165 Å². The lowest BCUT2D eigenvalue weighted by atomic mass is 10.0. The van der Waals surface area contributed by atoms with Gasteiger partial charge in [0.15, 0.2) is 0 Å². The van der Waals surface area contributed by atoms with Crippen molar-refractivity contribution in [3.05, 3.63) is 71.8 Å². The number of aliphatic hydroxyl groups is 2. The summed E-state index contributed by atoms with van der Waals surface area (Å²) in [4.78, 5) is 24.7. The first kappa shape index (κ1) is 21.6. The van der Waals surface area contributed by atoms with Gasteiger partial charge in [-0.3, -0.25) is 9.59 Å². The zero-order valence-corrected chi connectivity index (χ0v) is 16.2. The van der Waals surface area contributed by atoms with E-state index in [2.05, 4.69) is 10.6 Å². The van der Waals surface area contributed by atoms with Gasteiger partial charge in [0, 0.05) is 0 Å². The SMILES string of the molecule is CC(O)C(Cc1ccccc1)NC(=O)C(=O)NC(Cc1ccccc1)C(C)O. The lowest BCUT2D eigenvalue weighted by molar-refractivity contribution is -0.140. The summed E-state index contributed by atoms with van der Waals surface area (Å²) < 4.78 is 0. The molecule has 0 aliphatic heterocycles. The maximum absolute atomic E-state index is 12.3. The number of rotatable bonds is 8. The van der Waals surface area contributed by atoms with Crippen molar-refractivity contribution < 1.29 is 19.8 Å². The molecule has 6 heteroatoms. The lowest BCUT2D eigenvalue weighted by Gasteiger charge is -2.24. The van der Waals surface area contributed by atoms with Gasteiger partial charge < -0.3 is 20.8 Å². The van der Waals surface area contributed by atoms with E-state index in [1.54, 1.807) is 13.8 Å². The van der Waals surface area contributed by atoms with Crippen molar-refractivity contribution in [3.63, 3.8) is 0 Å². The second kappa shape index (κ2) is 10.6. The Morgan fingerprint density at radius 1 is 0.714 bits per heavy atom. The number of carbonyl (C=O) groups is 2. The largest absolute Gasteiger partial charge is 0.391 e. The minimum absolute atomic E-state index is 0.404. The fourth-order valence-electron chi connectivity index (χ4n) is 2.89. The van der Waals surface area contributed by atoms with Crippen LogP contribution in [0.25, 0.3) is 0 Å². The van der Waals surface area contributed by atoms with Crippen molar-refractivity contribution in [1.82, 2.24) is 10.6 Å². The molecular formula is C22H28N2O4. The van der Waals surface area contributed by atoms with Crippen LogP contribution in [0.3, 0.4) is 0 Å². The van der Waals surface area contributed by atoms with Crippen molar-refractivity contribution in [2.24, 2.45) is 0 Å². The van der Waals surface area contributed by atoms with Crippen LogP contribution in [0.1, 0.15) is 25.0 Å². The Kier molecular flexibility index (Phi) is 8.17. The molecular weight excluding hydrogens is 356 g/mol. The maximum atomic E-state index is 12.3. The fraction of sp³-hybridized carbons (Fsp3) is 0.364. The molecule has 0 fully saturated rings. The van der Waals surface area contributed by atoms with Crippen molar-refractivity contribution in [2.45, 2.75) is 51.0 Å². The van der Waals surface area contributed by atoms with Gasteiger partial charge in [0.2, 0.25) is 0 Å². The normalized spacial score (nSPS) is 15.1. The van der Waals surface area contributed by atoms with Gasteiger partial charge in [-0.1, -0.05) is 60.7 Å².